The summed E-state index contributed by atoms with van der Waals surface area (Å²) >= 11 is 6.32. The van der Waals surface area contributed by atoms with Crippen molar-refractivity contribution in [3.8, 4) is 5.69 Å². The van der Waals surface area contributed by atoms with Gasteiger partial charge in [0.1, 0.15) is 5.82 Å². The fraction of sp³-hybridized carbons (Fsp3) is 0.115. The second-order valence-electron chi connectivity index (χ2n) is 7.80. The molecule has 1 atom stereocenters. The average molecular weight is 446 g/mol. The van der Waals surface area contributed by atoms with Crippen LogP contribution in [-0.2, 0) is 13.1 Å². The van der Waals surface area contributed by atoms with Crippen molar-refractivity contribution in [3.05, 3.63) is 124 Å². The Kier molecular flexibility index (Phi) is 5.41. The second-order valence-corrected chi connectivity index (χ2v) is 8.24. The molecular weight excluding hydrogens is 425 g/mol. The van der Waals surface area contributed by atoms with Gasteiger partial charge in [0.15, 0.2) is 0 Å². The van der Waals surface area contributed by atoms with Crippen molar-refractivity contribution in [2.75, 3.05) is 0 Å². The van der Waals surface area contributed by atoms with Crippen LogP contribution in [0, 0.1) is 5.82 Å². The van der Waals surface area contributed by atoms with Crippen LogP contribution in [0.5, 0.6) is 0 Å². The number of para-hydroxylation sites is 1. The number of benzene rings is 3. The van der Waals surface area contributed by atoms with E-state index in [1.54, 1.807) is 12.1 Å². The van der Waals surface area contributed by atoms with Crippen LogP contribution in [0.15, 0.2) is 91.1 Å². The summed E-state index contributed by atoms with van der Waals surface area (Å²) in [5.41, 5.74) is 4.84. The number of aromatic nitrogens is 1. The summed E-state index contributed by atoms with van der Waals surface area (Å²) in [6, 6.07) is 25.3. The molecule has 2 heterocycles. The third-order valence-corrected chi connectivity index (χ3v) is 5.98. The minimum absolute atomic E-state index is 0.205. The van der Waals surface area contributed by atoms with Gasteiger partial charge < -0.3 is 14.8 Å². The van der Waals surface area contributed by atoms with Crippen LogP contribution >= 0.6 is 11.6 Å². The van der Waals surface area contributed by atoms with Crippen LogP contribution in [0.4, 0.5) is 9.18 Å². The Bertz CT molecular complexity index is 1270. The summed E-state index contributed by atoms with van der Waals surface area (Å²) in [6.07, 6.45) is 2.02. The molecule has 0 radical (unpaired) electrons. The predicted molar refractivity (Wildman–Crippen MR) is 123 cm³/mol. The summed E-state index contributed by atoms with van der Waals surface area (Å²) in [5, 5.41) is 3.63. The van der Waals surface area contributed by atoms with Crippen molar-refractivity contribution in [1.82, 2.24) is 14.8 Å². The van der Waals surface area contributed by atoms with Gasteiger partial charge >= 0.3 is 6.03 Å². The van der Waals surface area contributed by atoms with Crippen molar-refractivity contribution in [2.24, 2.45) is 0 Å². The van der Waals surface area contributed by atoms with E-state index in [9.17, 15) is 9.18 Å². The normalized spacial score (nSPS) is 14.9. The summed E-state index contributed by atoms with van der Waals surface area (Å²) < 4.78 is 15.4. The maximum atomic E-state index is 13.5. The van der Waals surface area contributed by atoms with Crippen molar-refractivity contribution in [1.29, 1.82) is 0 Å². The first-order valence-electron chi connectivity index (χ1n) is 10.4. The van der Waals surface area contributed by atoms with Crippen LogP contribution in [0.3, 0.4) is 0 Å². The summed E-state index contributed by atoms with van der Waals surface area (Å²) in [5.74, 6) is -0.300. The number of halogens is 2. The lowest BCUT2D eigenvalue weighted by Gasteiger charge is -2.31. The number of nitrogens with one attached hydrogen (secondary N) is 1. The molecule has 0 saturated carbocycles. The van der Waals surface area contributed by atoms with E-state index in [0.29, 0.717) is 18.1 Å². The van der Waals surface area contributed by atoms with Crippen molar-refractivity contribution in [3.63, 3.8) is 0 Å². The summed E-state index contributed by atoms with van der Waals surface area (Å²) in [4.78, 5) is 15.3. The summed E-state index contributed by atoms with van der Waals surface area (Å²) in [6.45, 7) is 0.741. The lowest BCUT2D eigenvalue weighted by Crippen LogP contribution is -2.41. The topological polar surface area (TPSA) is 37.3 Å². The van der Waals surface area contributed by atoms with Gasteiger partial charge in [-0.2, -0.15) is 0 Å². The van der Waals surface area contributed by atoms with Crippen molar-refractivity contribution >= 4 is 17.6 Å². The van der Waals surface area contributed by atoms with Gasteiger partial charge in [-0.1, -0.05) is 54.1 Å². The quantitative estimate of drug-likeness (QED) is 0.407. The Morgan fingerprint density at radius 2 is 1.81 bits per heavy atom. The van der Waals surface area contributed by atoms with Crippen LogP contribution in [0.2, 0.25) is 5.02 Å². The van der Waals surface area contributed by atoms with Crippen LogP contribution in [-0.4, -0.2) is 15.5 Å². The molecule has 0 aliphatic carbocycles. The number of hydrogen-bond acceptors (Lipinski definition) is 1. The molecule has 1 aromatic heterocycles. The van der Waals surface area contributed by atoms with Gasteiger partial charge in [0.05, 0.1) is 18.3 Å². The Morgan fingerprint density at radius 3 is 2.62 bits per heavy atom. The third-order valence-electron chi connectivity index (χ3n) is 5.75. The highest BCUT2D eigenvalue weighted by molar-refractivity contribution is 6.30. The van der Waals surface area contributed by atoms with Crippen LogP contribution in [0.25, 0.3) is 5.69 Å². The molecule has 1 aliphatic rings. The molecule has 4 nitrogen and oxygen atoms in total. The fourth-order valence-electron chi connectivity index (χ4n) is 4.25. The number of nitrogens with zero attached hydrogens (tertiary/aromatic N) is 2. The third kappa shape index (κ3) is 3.87. The molecular formula is C26H21ClFN3O. The smallest absolute Gasteiger partial charge is 0.318 e. The van der Waals surface area contributed by atoms with E-state index in [2.05, 4.69) is 16.0 Å². The number of carbonyl (C=O) groups is 1. The maximum Gasteiger partial charge on any atom is 0.318 e. The van der Waals surface area contributed by atoms with Gasteiger partial charge in [0.2, 0.25) is 0 Å². The second kappa shape index (κ2) is 8.52. The van der Waals surface area contributed by atoms with Crippen LogP contribution < -0.4 is 5.32 Å². The zero-order valence-corrected chi connectivity index (χ0v) is 18.0. The number of fused-ring (bicyclic) bond motifs is 3. The lowest BCUT2D eigenvalue weighted by molar-refractivity contribution is 0.180. The Balaban J connectivity index is 1.55. The van der Waals surface area contributed by atoms with E-state index in [4.69, 9.17) is 11.6 Å². The summed E-state index contributed by atoms with van der Waals surface area (Å²) in [7, 11) is 0. The monoisotopic (exact) mass is 445 g/mol. The molecule has 2 amide bonds. The van der Waals surface area contributed by atoms with E-state index in [-0.39, 0.29) is 17.9 Å². The largest absolute Gasteiger partial charge is 0.334 e. The number of rotatable bonds is 3. The van der Waals surface area contributed by atoms with Crippen molar-refractivity contribution < 1.29 is 9.18 Å². The number of carbonyl (C=O) groups excluding carboxylic acids is 1. The molecule has 1 N–H and O–H groups in total. The Labute approximate surface area is 190 Å². The molecule has 4 aromatic rings. The molecule has 160 valence electrons. The van der Waals surface area contributed by atoms with Gasteiger partial charge in [-0.3, -0.25) is 0 Å². The minimum Gasteiger partial charge on any atom is -0.334 e. The highest BCUT2D eigenvalue weighted by Crippen LogP contribution is 2.37. The average Bonchev–Trinajstić information content (AvgIpc) is 3.22. The zero-order valence-electron chi connectivity index (χ0n) is 17.2. The minimum atomic E-state index is -0.329. The van der Waals surface area contributed by atoms with Gasteiger partial charge in [0, 0.05) is 23.5 Å². The fourth-order valence-corrected chi connectivity index (χ4v) is 4.45. The zero-order chi connectivity index (χ0) is 22.1. The van der Waals surface area contributed by atoms with Gasteiger partial charge in [0.25, 0.3) is 0 Å². The molecule has 32 heavy (non-hydrogen) atoms. The van der Waals surface area contributed by atoms with E-state index < -0.39 is 0 Å². The van der Waals surface area contributed by atoms with E-state index in [1.165, 1.54) is 12.1 Å². The number of amides is 2. The van der Waals surface area contributed by atoms with Gasteiger partial charge in [-0.05, 0) is 59.2 Å². The lowest BCUT2D eigenvalue weighted by atomic mass is 10.0. The predicted octanol–water partition coefficient (Wildman–Crippen LogP) is 6.08. The highest BCUT2D eigenvalue weighted by Gasteiger charge is 2.32. The molecule has 0 fully saturated rings. The van der Waals surface area contributed by atoms with Gasteiger partial charge in [-0.25, -0.2) is 9.18 Å². The standard InChI is InChI=1S/C26H21ClFN3O/c27-21-7-3-6-19(15-21)25-24-9-4-14-30(24)23-8-2-1-5-20(23)17-31(25)26(32)29-16-18-10-12-22(28)13-11-18/h1-15,25H,16-17H2,(H,29,32)/t25-/m1/s1. The van der Waals surface area contributed by atoms with Gasteiger partial charge in [-0.15, -0.1) is 0 Å². The highest BCUT2D eigenvalue weighted by atomic mass is 35.5. The molecule has 3 aromatic carbocycles. The first-order valence-corrected chi connectivity index (χ1v) is 10.8. The Morgan fingerprint density at radius 1 is 1.00 bits per heavy atom. The molecule has 5 rings (SSSR count). The number of hydrogen-bond donors (Lipinski definition) is 1. The number of urea groups is 1. The first kappa shape index (κ1) is 20.3. The maximum absolute atomic E-state index is 13.5. The van der Waals surface area contributed by atoms with E-state index >= 15 is 0 Å². The molecule has 0 bridgehead atoms. The molecule has 0 unspecified atom stereocenters. The molecule has 0 saturated heterocycles. The molecule has 1 aliphatic heterocycles. The van der Waals surface area contributed by atoms with E-state index in [1.807, 2.05) is 65.7 Å². The van der Waals surface area contributed by atoms with Crippen LogP contribution in [0.1, 0.15) is 28.4 Å². The SMILES string of the molecule is O=C(NCc1ccc(F)cc1)N1Cc2ccccc2-n2cccc2[C@H]1c1cccc(Cl)c1. The Hall–Kier alpha value is -3.57. The molecule has 6 heteroatoms. The molecule has 0 spiro atoms. The van der Waals surface area contributed by atoms with Crippen molar-refractivity contribution in [2.45, 2.75) is 19.1 Å². The van der Waals surface area contributed by atoms with E-state index in [0.717, 1.165) is 28.1 Å². The first-order chi connectivity index (χ1) is 15.6.